The fraction of sp³-hybridized carbons (Fsp3) is 0.533. The number of thiazole rings is 1. The molecule has 0 radical (unpaired) electrons. The topological polar surface area (TPSA) is 152 Å². The highest BCUT2D eigenvalue weighted by molar-refractivity contribution is 7.85. The van der Waals surface area contributed by atoms with E-state index in [1.54, 1.807) is 6.07 Å². The van der Waals surface area contributed by atoms with Crippen molar-refractivity contribution < 1.29 is 27.6 Å². The summed E-state index contributed by atoms with van der Waals surface area (Å²) in [5.41, 5.74) is 2.63. The van der Waals surface area contributed by atoms with Gasteiger partial charge in [0.1, 0.15) is 11.3 Å². The molecule has 44 heavy (non-hydrogen) atoms. The number of aromatic hydroxyl groups is 1. The predicted octanol–water partition coefficient (Wildman–Crippen LogP) is 3.79. The van der Waals surface area contributed by atoms with E-state index in [-0.39, 0.29) is 22.3 Å². The van der Waals surface area contributed by atoms with Crippen LogP contribution < -0.4 is 10.2 Å². The first kappa shape index (κ1) is 37.7. The number of hydrogen-bond donors (Lipinski definition) is 4. The van der Waals surface area contributed by atoms with Crippen molar-refractivity contribution in [3.05, 3.63) is 62.2 Å². The van der Waals surface area contributed by atoms with E-state index in [1.165, 1.54) is 6.92 Å². The molecular formula is C30H45ClN4O7S2. The molecule has 11 nitrogen and oxygen atoms in total. The highest BCUT2D eigenvalue weighted by atomic mass is 35.5. The van der Waals surface area contributed by atoms with Gasteiger partial charge in [0, 0.05) is 31.2 Å². The lowest BCUT2D eigenvalue weighted by molar-refractivity contribution is -0.132. The lowest BCUT2D eigenvalue weighted by atomic mass is 10.1. The molecule has 0 saturated carbocycles. The predicted molar refractivity (Wildman–Crippen MR) is 178 cm³/mol. The molecule has 1 aromatic heterocycles. The summed E-state index contributed by atoms with van der Waals surface area (Å²) in [5.74, 6) is -0.0163. The Morgan fingerprint density at radius 3 is 2.43 bits per heavy atom. The molecule has 0 atom stereocenters. The first-order valence-corrected chi connectivity index (χ1v) is 17.6. The molecule has 0 aliphatic heterocycles. The number of halogens is 1. The molecule has 4 N–H and O–H groups in total. The molecule has 246 valence electrons. The molecule has 0 unspecified atom stereocenters. The van der Waals surface area contributed by atoms with Gasteiger partial charge >= 0.3 is 4.87 Å². The quantitative estimate of drug-likeness (QED) is 0.117. The van der Waals surface area contributed by atoms with Gasteiger partial charge in [0.05, 0.1) is 30.1 Å². The first-order valence-electron chi connectivity index (χ1n) is 14.8. The molecule has 1 heterocycles. The number of amides is 1. The zero-order valence-electron chi connectivity index (χ0n) is 25.7. The van der Waals surface area contributed by atoms with Crippen LogP contribution >= 0.6 is 22.9 Å². The monoisotopic (exact) mass is 672 g/mol. The maximum absolute atomic E-state index is 13.0. The summed E-state index contributed by atoms with van der Waals surface area (Å²) < 4.78 is 33.4. The number of fused-ring (bicyclic) bond motifs is 1. The van der Waals surface area contributed by atoms with Gasteiger partial charge in [-0.25, -0.2) is 0 Å². The number of likely N-dealkylation sites (N-methyl/N-ethyl adjacent to an activating group) is 1. The van der Waals surface area contributed by atoms with E-state index >= 15 is 0 Å². The van der Waals surface area contributed by atoms with Crippen LogP contribution in [0.1, 0.15) is 38.3 Å². The van der Waals surface area contributed by atoms with E-state index in [2.05, 4.69) is 29.0 Å². The Balaban J connectivity index is 0.00000102. The number of benzene rings is 2. The largest absolute Gasteiger partial charge is 0.506 e. The van der Waals surface area contributed by atoms with Gasteiger partial charge in [0.2, 0.25) is 5.91 Å². The highest BCUT2D eigenvalue weighted by Gasteiger charge is 2.15. The van der Waals surface area contributed by atoms with Gasteiger partial charge in [-0.3, -0.25) is 14.1 Å². The smallest absolute Gasteiger partial charge is 0.305 e. The first-order chi connectivity index (χ1) is 21.0. The molecule has 0 fully saturated rings. The zero-order valence-corrected chi connectivity index (χ0v) is 28.1. The molecule has 0 saturated heterocycles. The van der Waals surface area contributed by atoms with Gasteiger partial charge < -0.3 is 29.9 Å². The maximum Gasteiger partial charge on any atom is 0.305 e. The number of carbonyl (C=O) groups is 1. The zero-order chi connectivity index (χ0) is 32.5. The second-order valence-corrected chi connectivity index (χ2v) is 13.1. The molecule has 0 aliphatic carbocycles. The number of phenols is 1. The van der Waals surface area contributed by atoms with Crippen LogP contribution in [0.4, 0.5) is 0 Å². The van der Waals surface area contributed by atoms with Crippen molar-refractivity contribution in [2.75, 3.05) is 64.8 Å². The van der Waals surface area contributed by atoms with E-state index in [1.807, 2.05) is 35.2 Å². The Kier molecular flexibility index (Phi) is 16.9. The van der Waals surface area contributed by atoms with Crippen LogP contribution in [0.5, 0.6) is 5.75 Å². The molecular weight excluding hydrogens is 628 g/mol. The summed E-state index contributed by atoms with van der Waals surface area (Å²) in [5, 5.41) is 14.1. The minimum atomic E-state index is -3.66. The lowest BCUT2D eigenvalue weighted by Crippen LogP contribution is -2.42. The summed E-state index contributed by atoms with van der Waals surface area (Å²) in [6.45, 7) is 12.0. The third-order valence-electron chi connectivity index (χ3n) is 6.95. The number of nitrogens with one attached hydrogen (secondary N) is 2. The van der Waals surface area contributed by atoms with Crippen molar-refractivity contribution in [2.24, 2.45) is 0 Å². The second-order valence-electron chi connectivity index (χ2n) is 9.98. The van der Waals surface area contributed by atoms with Crippen molar-refractivity contribution in [3.8, 4) is 5.75 Å². The Morgan fingerprint density at radius 1 is 1.05 bits per heavy atom. The molecule has 0 spiro atoms. The molecule has 1 amide bonds. The Bertz CT molecular complexity index is 1460. The molecule has 0 bridgehead atoms. The average molecular weight is 673 g/mol. The van der Waals surface area contributed by atoms with Gasteiger partial charge in [0.15, 0.2) is 0 Å². The van der Waals surface area contributed by atoms with E-state index in [0.717, 1.165) is 59.6 Å². The molecule has 14 heteroatoms. The van der Waals surface area contributed by atoms with Crippen LogP contribution in [0.3, 0.4) is 0 Å². The van der Waals surface area contributed by atoms with E-state index in [9.17, 15) is 23.1 Å². The summed E-state index contributed by atoms with van der Waals surface area (Å²) in [4.78, 5) is 31.5. The van der Waals surface area contributed by atoms with Crippen LogP contribution in [-0.2, 0) is 32.5 Å². The van der Waals surface area contributed by atoms with Crippen molar-refractivity contribution in [3.63, 3.8) is 0 Å². The van der Waals surface area contributed by atoms with Crippen LogP contribution in [0.2, 0.25) is 5.02 Å². The fourth-order valence-electron chi connectivity index (χ4n) is 4.30. The third-order valence-corrected chi connectivity index (χ3v) is 8.87. The summed E-state index contributed by atoms with van der Waals surface area (Å²) in [6.07, 6.45) is 1.83. The fourth-order valence-corrected chi connectivity index (χ4v) is 5.41. The van der Waals surface area contributed by atoms with Gasteiger partial charge in [-0.2, -0.15) is 8.42 Å². The van der Waals surface area contributed by atoms with Crippen LogP contribution in [-0.4, -0.2) is 104 Å². The summed E-state index contributed by atoms with van der Waals surface area (Å²) in [6, 6.07) is 11.2. The number of hydrogen-bond acceptors (Lipinski definition) is 9. The number of phenolic OH excluding ortho intramolecular Hbond substituents is 1. The van der Waals surface area contributed by atoms with E-state index < -0.39 is 10.1 Å². The minimum absolute atomic E-state index is 0.0888. The van der Waals surface area contributed by atoms with Gasteiger partial charge in [-0.05, 0) is 68.7 Å². The van der Waals surface area contributed by atoms with Crippen molar-refractivity contribution in [1.82, 2.24) is 20.1 Å². The standard InChI is InChI=1S/C28H39ClN4O4S.C2H6O3S/c1-3-32(4-2)16-17-33(25(35)12-19-37-18-11-21-6-5-7-23(29)20-21)15-14-30-13-10-22-8-9-24(34)26-27(22)38-28(36)31-26;1-2-6(3,4)5/h5-9,20,30,34H,3-4,10-19H2,1-2H3,(H,31,36);2H2,1H3,(H,3,4,5). The van der Waals surface area contributed by atoms with Crippen molar-refractivity contribution in [2.45, 2.75) is 40.0 Å². The Morgan fingerprint density at radius 2 is 1.77 bits per heavy atom. The normalized spacial score (nSPS) is 11.5. The van der Waals surface area contributed by atoms with Crippen molar-refractivity contribution >= 4 is 49.2 Å². The lowest BCUT2D eigenvalue weighted by Gasteiger charge is -2.27. The summed E-state index contributed by atoms with van der Waals surface area (Å²) >= 11 is 7.15. The molecule has 3 rings (SSSR count). The van der Waals surface area contributed by atoms with Crippen molar-refractivity contribution in [1.29, 1.82) is 0 Å². The number of carbonyl (C=O) groups excluding carboxylic acids is 1. The number of rotatable bonds is 18. The minimum Gasteiger partial charge on any atom is -0.506 e. The number of aromatic nitrogens is 1. The number of aromatic amines is 1. The summed E-state index contributed by atoms with van der Waals surface area (Å²) in [7, 11) is -3.66. The molecule has 3 aromatic rings. The second kappa shape index (κ2) is 19.8. The molecule has 0 aliphatic rings. The Labute approximate surface area is 268 Å². The number of H-pyrrole nitrogens is 1. The third kappa shape index (κ3) is 14.1. The average Bonchev–Trinajstić information content (AvgIpc) is 3.39. The SMILES string of the molecule is CCN(CC)CCN(CCNCCc1ccc(O)c2[nH]c(=O)sc12)C(=O)CCOCCc1cccc(Cl)c1.CCS(=O)(=O)O. The number of nitrogens with zero attached hydrogens (tertiary/aromatic N) is 2. The van der Waals surface area contributed by atoms with Gasteiger partial charge in [-0.1, -0.05) is 55.0 Å². The van der Waals surface area contributed by atoms with Gasteiger partial charge in [-0.15, -0.1) is 0 Å². The Hall–Kier alpha value is -2.52. The van der Waals surface area contributed by atoms with E-state index in [0.29, 0.717) is 56.4 Å². The maximum atomic E-state index is 13.0. The van der Waals surface area contributed by atoms with Crippen LogP contribution in [0, 0.1) is 0 Å². The highest BCUT2D eigenvalue weighted by Crippen LogP contribution is 2.27. The van der Waals surface area contributed by atoms with Crippen LogP contribution in [0.15, 0.2) is 41.2 Å². The number of ether oxygens (including phenoxy) is 1. The van der Waals surface area contributed by atoms with Gasteiger partial charge in [0.25, 0.3) is 10.1 Å². The van der Waals surface area contributed by atoms with E-state index in [4.69, 9.17) is 20.9 Å². The van der Waals surface area contributed by atoms with Crippen LogP contribution in [0.25, 0.3) is 10.2 Å². The molecule has 2 aromatic carbocycles.